The fraction of sp³-hybridized carbons (Fsp3) is 0. The van der Waals surface area contributed by atoms with Crippen molar-refractivity contribution < 1.29 is 4.65 Å². The van der Waals surface area contributed by atoms with Crippen LogP contribution in [0.5, 0.6) is 5.75 Å². The van der Waals surface area contributed by atoms with Gasteiger partial charge >= 0.3 is 6.92 Å². The van der Waals surface area contributed by atoms with Crippen molar-refractivity contribution in [3.63, 3.8) is 0 Å². The Balaban J connectivity index is 1.70. The number of hydrogen-bond donors (Lipinski definition) is 0. The highest BCUT2D eigenvalue weighted by Gasteiger charge is 2.41. The Kier molecular flexibility index (Phi) is 3.00. The van der Waals surface area contributed by atoms with E-state index < -0.39 is 0 Å². The van der Waals surface area contributed by atoms with Crippen LogP contribution in [0.25, 0.3) is 11.1 Å². The quantitative estimate of drug-likeness (QED) is 0.466. The van der Waals surface area contributed by atoms with E-state index in [0.29, 0.717) is 0 Å². The van der Waals surface area contributed by atoms with E-state index in [2.05, 4.69) is 95.9 Å². The molecule has 0 unspecified atom stereocenters. The summed E-state index contributed by atoms with van der Waals surface area (Å²) in [7, 11) is 0. The van der Waals surface area contributed by atoms with Gasteiger partial charge in [-0.15, -0.1) is 0 Å². The van der Waals surface area contributed by atoms with Gasteiger partial charge in [0.05, 0.1) is 0 Å². The Morgan fingerprint density at radius 1 is 0.593 bits per heavy atom. The molecule has 0 saturated carbocycles. The minimum absolute atomic E-state index is 0.0812. The van der Waals surface area contributed by atoms with Gasteiger partial charge < -0.3 is 9.55 Å². The third-order valence-electron chi connectivity index (χ3n) is 5.48. The fourth-order valence-electron chi connectivity index (χ4n) is 4.35. The largest absolute Gasteiger partial charge is 0.551 e. The van der Waals surface area contributed by atoms with Crippen molar-refractivity contribution in [3.8, 4) is 16.9 Å². The second-order valence-electron chi connectivity index (χ2n) is 6.96. The molecule has 2 aliphatic rings. The number of nitrogens with zero attached hydrogens (tertiary/aromatic N) is 1. The Bertz CT molecular complexity index is 1170. The van der Waals surface area contributed by atoms with Crippen LogP contribution in [0.3, 0.4) is 0 Å². The van der Waals surface area contributed by atoms with Crippen LogP contribution in [-0.2, 0) is 0 Å². The highest BCUT2D eigenvalue weighted by Crippen LogP contribution is 2.42. The Morgan fingerprint density at radius 2 is 1.30 bits per heavy atom. The molecule has 0 N–H and O–H groups in total. The van der Waals surface area contributed by atoms with Gasteiger partial charge in [0.15, 0.2) is 0 Å². The van der Waals surface area contributed by atoms with Crippen LogP contribution < -0.4 is 20.5 Å². The SMILES string of the molecule is c1ccc(N2c3ccccc3B3Oc4ccccc4-c4cccc2c43)cc1. The molecule has 0 fully saturated rings. The lowest BCUT2D eigenvalue weighted by molar-refractivity contribution is 0.590. The number of benzene rings is 4. The van der Waals surface area contributed by atoms with Crippen LogP contribution >= 0.6 is 0 Å². The highest BCUT2D eigenvalue weighted by molar-refractivity contribution is 6.85. The van der Waals surface area contributed by atoms with Gasteiger partial charge in [-0.25, -0.2) is 0 Å². The molecule has 0 saturated heterocycles. The molecule has 2 heterocycles. The van der Waals surface area contributed by atoms with E-state index in [1.165, 1.54) is 27.9 Å². The summed E-state index contributed by atoms with van der Waals surface area (Å²) < 4.78 is 6.52. The third-order valence-corrected chi connectivity index (χ3v) is 5.48. The molecule has 0 radical (unpaired) electrons. The number of hydrogen-bond acceptors (Lipinski definition) is 2. The Labute approximate surface area is 158 Å². The van der Waals surface area contributed by atoms with E-state index in [9.17, 15) is 0 Å². The number of rotatable bonds is 1. The van der Waals surface area contributed by atoms with Crippen molar-refractivity contribution in [2.75, 3.05) is 4.90 Å². The predicted octanol–water partition coefficient (Wildman–Crippen LogP) is 4.63. The average molecular weight is 345 g/mol. The van der Waals surface area contributed by atoms with Crippen LogP contribution in [0.1, 0.15) is 0 Å². The van der Waals surface area contributed by atoms with Gasteiger partial charge in [-0.1, -0.05) is 66.7 Å². The zero-order valence-corrected chi connectivity index (χ0v) is 14.7. The lowest BCUT2D eigenvalue weighted by Crippen LogP contribution is -2.56. The molecular weight excluding hydrogens is 329 g/mol. The zero-order chi connectivity index (χ0) is 17.8. The first-order valence-electron chi connectivity index (χ1n) is 9.25. The molecule has 0 aromatic heterocycles. The number of anilines is 3. The molecule has 3 heteroatoms. The maximum Gasteiger partial charge on any atom is 0.431 e. The number of fused-ring (bicyclic) bond motifs is 4. The maximum absolute atomic E-state index is 6.52. The van der Waals surface area contributed by atoms with E-state index in [4.69, 9.17) is 4.65 Å². The molecule has 0 aliphatic carbocycles. The molecule has 0 spiro atoms. The van der Waals surface area contributed by atoms with Gasteiger partial charge in [0.1, 0.15) is 5.75 Å². The minimum atomic E-state index is -0.0812. The Morgan fingerprint density at radius 3 is 2.22 bits per heavy atom. The second kappa shape index (κ2) is 5.52. The van der Waals surface area contributed by atoms with Crippen molar-refractivity contribution in [3.05, 3.63) is 97.1 Å². The third kappa shape index (κ3) is 2.03. The molecule has 4 aromatic rings. The standard InChI is InChI=1S/C24H16BNO/c1-2-9-17(10-3-1)26-21-14-6-5-13-20(21)25-24-19(12-8-15-22(24)26)18-11-4-7-16-23(18)27-25/h1-16H. The average Bonchev–Trinajstić information content (AvgIpc) is 2.75. The summed E-state index contributed by atoms with van der Waals surface area (Å²) in [5, 5.41) is 0. The first-order valence-corrected chi connectivity index (χ1v) is 9.25. The molecule has 126 valence electrons. The van der Waals surface area contributed by atoms with Crippen LogP contribution in [0.2, 0.25) is 0 Å². The van der Waals surface area contributed by atoms with Gasteiger partial charge in [0.25, 0.3) is 0 Å². The van der Waals surface area contributed by atoms with E-state index in [1.54, 1.807) is 0 Å². The summed E-state index contributed by atoms with van der Waals surface area (Å²) in [6.07, 6.45) is 0. The van der Waals surface area contributed by atoms with Crippen molar-refractivity contribution >= 4 is 34.9 Å². The van der Waals surface area contributed by atoms with Crippen LogP contribution in [-0.4, -0.2) is 6.92 Å². The summed E-state index contributed by atoms with van der Waals surface area (Å²) in [4.78, 5) is 2.35. The zero-order valence-electron chi connectivity index (χ0n) is 14.7. The Hall–Kier alpha value is -3.46. The lowest BCUT2D eigenvalue weighted by Gasteiger charge is -2.39. The summed E-state index contributed by atoms with van der Waals surface area (Å²) in [5.41, 5.74) is 8.41. The lowest BCUT2D eigenvalue weighted by atomic mass is 9.49. The smallest absolute Gasteiger partial charge is 0.431 e. The van der Waals surface area contributed by atoms with Gasteiger partial charge in [0, 0.05) is 28.1 Å². The molecular formula is C24H16BNO. The van der Waals surface area contributed by atoms with Gasteiger partial charge in [-0.2, -0.15) is 0 Å². The van der Waals surface area contributed by atoms with Gasteiger partial charge in [-0.05, 0) is 41.4 Å². The summed E-state index contributed by atoms with van der Waals surface area (Å²) in [5.74, 6) is 0.954. The van der Waals surface area contributed by atoms with Crippen LogP contribution in [0.4, 0.5) is 17.1 Å². The topological polar surface area (TPSA) is 12.5 Å². The molecule has 0 bridgehead atoms. The van der Waals surface area contributed by atoms with Gasteiger partial charge in [-0.3, -0.25) is 0 Å². The van der Waals surface area contributed by atoms with E-state index in [0.717, 1.165) is 17.0 Å². The van der Waals surface area contributed by atoms with E-state index in [-0.39, 0.29) is 6.92 Å². The summed E-state index contributed by atoms with van der Waals surface area (Å²) >= 11 is 0. The second-order valence-corrected chi connectivity index (χ2v) is 6.96. The molecule has 6 rings (SSSR count). The minimum Gasteiger partial charge on any atom is -0.551 e. The first kappa shape index (κ1) is 14.7. The van der Waals surface area contributed by atoms with Crippen LogP contribution in [0.15, 0.2) is 97.1 Å². The van der Waals surface area contributed by atoms with Crippen molar-refractivity contribution in [2.45, 2.75) is 0 Å². The predicted molar refractivity (Wildman–Crippen MR) is 112 cm³/mol. The monoisotopic (exact) mass is 345 g/mol. The number of para-hydroxylation sites is 3. The molecule has 0 atom stereocenters. The molecule has 27 heavy (non-hydrogen) atoms. The highest BCUT2D eigenvalue weighted by atomic mass is 16.4. The first-order chi connectivity index (χ1) is 13.4. The maximum atomic E-state index is 6.52. The van der Waals surface area contributed by atoms with E-state index in [1.807, 2.05) is 6.07 Å². The van der Waals surface area contributed by atoms with Crippen molar-refractivity contribution in [1.82, 2.24) is 0 Å². The summed E-state index contributed by atoms with van der Waals surface area (Å²) in [6.45, 7) is -0.0812. The van der Waals surface area contributed by atoms with Crippen LogP contribution in [0, 0.1) is 0 Å². The molecule has 0 amide bonds. The molecule has 2 nitrogen and oxygen atoms in total. The van der Waals surface area contributed by atoms with Crippen molar-refractivity contribution in [1.29, 1.82) is 0 Å². The fourth-order valence-corrected chi connectivity index (χ4v) is 4.35. The van der Waals surface area contributed by atoms with Crippen molar-refractivity contribution in [2.24, 2.45) is 0 Å². The molecule has 2 aliphatic heterocycles. The summed E-state index contributed by atoms with van der Waals surface area (Å²) in [6, 6.07) is 34.0. The van der Waals surface area contributed by atoms with E-state index >= 15 is 0 Å². The normalized spacial score (nSPS) is 13.3. The molecule has 4 aromatic carbocycles. The van der Waals surface area contributed by atoms with Gasteiger partial charge in [0.2, 0.25) is 0 Å².